The van der Waals surface area contributed by atoms with Gasteiger partial charge in [0.1, 0.15) is 0 Å². The second-order valence-electron chi connectivity index (χ2n) is 22.0. The Morgan fingerprint density at radius 3 is 1.09 bits per heavy atom. The van der Waals surface area contributed by atoms with E-state index in [0.717, 1.165) is 105 Å². The van der Waals surface area contributed by atoms with Crippen molar-refractivity contribution in [2.75, 3.05) is 0 Å². The fraction of sp³-hybridized carbons (Fsp3) is 0. The molecular formula is C78H42N8S2. The number of hydrogen-bond donors (Lipinski definition) is 0. The number of hydrogen-bond acceptors (Lipinski definition) is 5. The standard InChI is InChI=1S/C78H42N8S2/c1-79-53-18-12-15-48(37-53)46-29-31-47(32-30-46)76-82-77(60-35-33-51(49-16-13-19-54(38-49)80-2)40-68(60)85-66-25-8-4-21-56(66)62-42-64-58-23-6-10-27-72(58)87-74(64)44-70(62)85)84-78(83-76)61-36-34-52(50-17-14-20-55(39-50)81-3)41-69(61)86-67-26-9-5-22-57(67)63-43-65-59-24-7-11-28-73(59)88-75(65)45-71(63)86/h4-45H. The third kappa shape index (κ3) is 8.19. The first-order valence-electron chi connectivity index (χ1n) is 28.7. The summed E-state index contributed by atoms with van der Waals surface area (Å²) in [5, 5.41) is 9.39. The maximum atomic E-state index is 7.99. The van der Waals surface area contributed by atoms with Gasteiger partial charge in [-0.1, -0.05) is 164 Å². The summed E-state index contributed by atoms with van der Waals surface area (Å²) < 4.78 is 9.57. The van der Waals surface area contributed by atoms with Gasteiger partial charge in [-0.3, -0.25) is 0 Å². The zero-order chi connectivity index (χ0) is 58.6. The average molecular weight is 1160 g/mol. The molecule has 10 heteroatoms. The smallest absolute Gasteiger partial charge is 0.187 e. The first-order chi connectivity index (χ1) is 43.4. The highest BCUT2D eigenvalue weighted by atomic mass is 32.1. The molecule has 406 valence electrons. The van der Waals surface area contributed by atoms with E-state index in [0.29, 0.717) is 34.5 Å². The van der Waals surface area contributed by atoms with Crippen LogP contribution in [0.1, 0.15) is 0 Å². The number of para-hydroxylation sites is 2. The van der Waals surface area contributed by atoms with Gasteiger partial charge in [0.05, 0.1) is 53.2 Å². The molecule has 0 aliphatic carbocycles. The number of benzene rings is 12. The topological polar surface area (TPSA) is 61.6 Å². The van der Waals surface area contributed by atoms with Crippen molar-refractivity contribution in [3.63, 3.8) is 0 Å². The van der Waals surface area contributed by atoms with Crippen LogP contribution in [0.2, 0.25) is 0 Å². The molecule has 0 unspecified atom stereocenters. The van der Waals surface area contributed by atoms with Crippen molar-refractivity contribution in [1.29, 1.82) is 0 Å². The minimum Gasteiger partial charge on any atom is -0.308 e. The number of nitrogens with zero attached hydrogens (tertiary/aromatic N) is 8. The van der Waals surface area contributed by atoms with E-state index in [-0.39, 0.29) is 0 Å². The predicted molar refractivity (Wildman–Crippen MR) is 366 cm³/mol. The van der Waals surface area contributed by atoms with Crippen LogP contribution in [0.4, 0.5) is 17.1 Å². The van der Waals surface area contributed by atoms with Crippen molar-refractivity contribution in [3.8, 4) is 78.9 Å². The summed E-state index contributed by atoms with van der Waals surface area (Å²) in [5.74, 6) is 1.41. The second-order valence-corrected chi connectivity index (χ2v) is 24.1. The van der Waals surface area contributed by atoms with Crippen LogP contribution in [0.15, 0.2) is 255 Å². The molecule has 17 rings (SSSR count). The Morgan fingerprint density at radius 2 is 0.636 bits per heavy atom. The molecule has 0 atom stereocenters. The van der Waals surface area contributed by atoms with Gasteiger partial charge in [0, 0.05) is 78.6 Å². The van der Waals surface area contributed by atoms with Crippen molar-refractivity contribution >= 4 is 124 Å². The number of aromatic nitrogens is 5. The zero-order valence-corrected chi connectivity index (χ0v) is 48.3. The Labute approximate surface area is 512 Å². The van der Waals surface area contributed by atoms with Crippen LogP contribution in [-0.4, -0.2) is 24.1 Å². The van der Waals surface area contributed by atoms with Gasteiger partial charge in [0.2, 0.25) is 0 Å². The highest BCUT2D eigenvalue weighted by Gasteiger charge is 2.25. The molecule has 0 aliphatic rings. The molecule has 0 spiro atoms. The Balaban J connectivity index is 0.962. The first-order valence-corrected chi connectivity index (χ1v) is 30.4. The van der Waals surface area contributed by atoms with Crippen molar-refractivity contribution in [2.45, 2.75) is 0 Å². The Hall–Kier alpha value is -11.8. The van der Waals surface area contributed by atoms with Gasteiger partial charge in [-0.2, -0.15) is 0 Å². The third-order valence-electron chi connectivity index (χ3n) is 17.0. The van der Waals surface area contributed by atoms with Gasteiger partial charge in [-0.15, -0.1) is 22.7 Å². The summed E-state index contributed by atoms with van der Waals surface area (Å²) in [6.07, 6.45) is 0. The van der Waals surface area contributed by atoms with E-state index >= 15 is 0 Å². The summed E-state index contributed by atoms with van der Waals surface area (Å²) in [6.45, 7) is 23.7. The number of rotatable bonds is 8. The van der Waals surface area contributed by atoms with Gasteiger partial charge in [0.15, 0.2) is 34.5 Å². The lowest BCUT2D eigenvalue weighted by Gasteiger charge is -2.18. The van der Waals surface area contributed by atoms with Crippen molar-refractivity contribution in [2.24, 2.45) is 0 Å². The molecule has 0 saturated heterocycles. The van der Waals surface area contributed by atoms with Gasteiger partial charge >= 0.3 is 0 Å². The molecule has 5 aromatic heterocycles. The number of thiophene rings is 2. The van der Waals surface area contributed by atoms with Crippen LogP contribution >= 0.6 is 22.7 Å². The Bertz CT molecular complexity index is 5630. The van der Waals surface area contributed by atoms with Crippen molar-refractivity contribution in [3.05, 3.63) is 289 Å². The first kappa shape index (κ1) is 50.7. The van der Waals surface area contributed by atoms with E-state index in [1.54, 1.807) is 22.7 Å². The maximum absolute atomic E-state index is 7.99. The van der Waals surface area contributed by atoms with Crippen LogP contribution in [0, 0.1) is 19.7 Å². The van der Waals surface area contributed by atoms with Crippen molar-refractivity contribution < 1.29 is 0 Å². The molecule has 0 amide bonds. The second kappa shape index (κ2) is 20.2. The lowest BCUT2D eigenvalue weighted by Crippen LogP contribution is -2.06. The van der Waals surface area contributed by atoms with Gasteiger partial charge in [-0.25, -0.2) is 29.5 Å². The molecule has 0 N–H and O–H groups in total. The molecule has 0 radical (unpaired) electrons. The molecule has 0 bridgehead atoms. The molecule has 12 aromatic carbocycles. The Kier molecular flexibility index (Phi) is 11.6. The van der Waals surface area contributed by atoms with Crippen LogP contribution in [-0.2, 0) is 0 Å². The fourth-order valence-electron chi connectivity index (χ4n) is 12.9. The highest BCUT2D eigenvalue weighted by molar-refractivity contribution is 7.26. The minimum absolute atomic E-state index is 0.466. The summed E-state index contributed by atoms with van der Waals surface area (Å²) in [4.78, 5) is 28.2. The summed E-state index contributed by atoms with van der Waals surface area (Å²) >= 11 is 3.59. The van der Waals surface area contributed by atoms with Crippen LogP contribution in [0.25, 0.3) is 177 Å². The predicted octanol–water partition coefficient (Wildman–Crippen LogP) is 22.5. The quantitative estimate of drug-likeness (QED) is 0.142. The van der Waals surface area contributed by atoms with Crippen LogP contribution in [0.5, 0.6) is 0 Å². The molecule has 88 heavy (non-hydrogen) atoms. The average Bonchev–Trinajstić information content (AvgIpc) is 1.68. The van der Waals surface area contributed by atoms with Gasteiger partial charge in [-0.05, 0) is 124 Å². The van der Waals surface area contributed by atoms with Crippen LogP contribution < -0.4 is 0 Å². The van der Waals surface area contributed by atoms with E-state index in [4.69, 9.17) is 34.7 Å². The lowest BCUT2D eigenvalue weighted by molar-refractivity contribution is 1.06. The molecule has 0 fully saturated rings. The van der Waals surface area contributed by atoms with Gasteiger partial charge < -0.3 is 9.13 Å². The van der Waals surface area contributed by atoms with Crippen molar-refractivity contribution in [1.82, 2.24) is 24.1 Å². The molecule has 8 nitrogen and oxygen atoms in total. The van der Waals surface area contributed by atoms with Crippen LogP contribution in [0.3, 0.4) is 0 Å². The molecule has 5 heterocycles. The monoisotopic (exact) mass is 1150 g/mol. The molecule has 0 saturated carbocycles. The molecular weight excluding hydrogens is 1110 g/mol. The van der Waals surface area contributed by atoms with E-state index in [2.05, 4.69) is 218 Å². The fourth-order valence-corrected chi connectivity index (χ4v) is 15.1. The normalized spacial score (nSPS) is 11.6. The highest BCUT2D eigenvalue weighted by Crippen LogP contribution is 2.46. The molecule has 0 aliphatic heterocycles. The summed E-state index contributed by atoms with van der Waals surface area (Å²) in [6, 6.07) is 88.3. The Morgan fingerprint density at radius 1 is 0.261 bits per heavy atom. The summed E-state index contributed by atoms with van der Waals surface area (Å²) in [5.41, 5.74) is 15.5. The maximum Gasteiger partial charge on any atom is 0.187 e. The van der Waals surface area contributed by atoms with E-state index in [1.165, 1.54) is 40.3 Å². The van der Waals surface area contributed by atoms with E-state index < -0.39 is 0 Å². The van der Waals surface area contributed by atoms with E-state index in [9.17, 15) is 0 Å². The van der Waals surface area contributed by atoms with E-state index in [1.807, 2.05) is 60.7 Å². The third-order valence-corrected chi connectivity index (χ3v) is 19.3. The minimum atomic E-state index is 0.466. The SMILES string of the molecule is [C-]#[N+]c1cccc(-c2ccc(-c3nc(-c4ccc(-c5cccc([N+]#[C-])c5)cc4-n4c5ccccc5c5cc6c(cc54)sc4ccccc46)nc(-c4ccc(-c5cccc([N+]#[C-])c5)cc4-n4c5ccccc5c5cc6c(cc54)sc4ccccc46)n3)cc2)c1. The lowest BCUT2D eigenvalue weighted by atomic mass is 10.00. The largest absolute Gasteiger partial charge is 0.308 e. The summed E-state index contributed by atoms with van der Waals surface area (Å²) in [7, 11) is 0. The zero-order valence-electron chi connectivity index (χ0n) is 46.6. The number of fused-ring (bicyclic) bond motifs is 12. The molecule has 17 aromatic rings. The van der Waals surface area contributed by atoms with Gasteiger partial charge in [0.25, 0.3) is 0 Å².